The maximum Gasteiger partial charge on any atom is 0.261 e. The van der Waals surface area contributed by atoms with Crippen LogP contribution in [0.25, 0.3) is 0 Å². The predicted octanol–water partition coefficient (Wildman–Crippen LogP) is 4.22. The minimum atomic E-state index is -2.56. The normalized spacial score (nSPS) is 15.2. The van der Waals surface area contributed by atoms with Crippen LogP contribution < -0.4 is 10.4 Å². The number of rotatable bonds is 7. The predicted molar refractivity (Wildman–Crippen MR) is 121 cm³/mol. The maximum atomic E-state index is 10.7. The van der Waals surface area contributed by atoms with Gasteiger partial charge in [-0.15, -0.1) is 5.92 Å². The van der Waals surface area contributed by atoms with Gasteiger partial charge < -0.3 is 9.53 Å². The zero-order valence-corrected chi connectivity index (χ0v) is 19.1. The van der Waals surface area contributed by atoms with Gasteiger partial charge in [0.25, 0.3) is 8.32 Å². The Morgan fingerprint density at radius 3 is 1.79 bits per heavy atom. The fourth-order valence-electron chi connectivity index (χ4n) is 3.92. The molecule has 3 atom stereocenters. The van der Waals surface area contributed by atoms with Crippen molar-refractivity contribution in [1.82, 2.24) is 0 Å². The molecule has 0 bridgehead atoms. The summed E-state index contributed by atoms with van der Waals surface area (Å²) in [5, 5.41) is 13.2. The van der Waals surface area contributed by atoms with Crippen LogP contribution in [-0.4, -0.2) is 26.1 Å². The van der Waals surface area contributed by atoms with E-state index in [1.165, 1.54) is 10.4 Å². The molecular weight excluding hydrogens is 360 g/mol. The Bertz CT molecular complexity index is 745. The third-order valence-corrected chi connectivity index (χ3v) is 10.5. The van der Waals surface area contributed by atoms with Crippen LogP contribution in [0.3, 0.4) is 0 Å². The summed E-state index contributed by atoms with van der Waals surface area (Å²) in [6.45, 7) is 13.1. The van der Waals surface area contributed by atoms with Crippen molar-refractivity contribution < 1.29 is 9.53 Å². The van der Waals surface area contributed by atoms with Gasteiger partial charge in [0, 0.05) is 18.4 Å². The fourth-order valence-corrected chi connectivity index (χ4v) is 8.59. The molecule has 28 heavy (non-hydrogen) atoms. The van der Waals surface area contributed by atoms with Crippen LogP contribution in [0.1, 0.15) is 41.5 Å². The molecule has 0 aliphatic carbocycles. The van der Waals surface area contributed by atoms with E-state index in [2.05, 4.69) is 88.1 Å². The van der Waals surface area contributed by atoms with E-state index in [-0.39, 0.29) is 16.9 Å². The SMILES string of the molecule is CC#C[C@@H](C)[C@H](O)[C@H](C)CO[Si](c1ccccc1)(c1ccccc1)C(C)(C)C. The molecule has 0 heterocycles. The zero-order chi connectivity index (χ0) is 20.8. The summed E-state index contributed by atoms with van der Waals surface area (Å²) in [5.41, 5.74) is 0. The van der Waals surface area contributed by atoms with Crippen LogP contribution in [0.2, 0.25) is 5.04 Å². The first kappa shape index (κ1) is 22.4. The Morgan fingerprint density at radius 1 is 0.929 bits per heavy atom. The molecule has 0 amide bonds. The van der Waals surface area contributed by atoms with Crippen LogP contribution in [0.15, 0.2) is 60.7 Å². The standard InChI is InChI=1S/C25H34O2Si/c1-7-14-20(2)24(26)21(3)19-27-28(25(4,5)6,22-15-10-8-11-16-22)23-17-12-9-13-18-23/h8-13,15-18,20-21,24,26H,19H2,1-6H3/t20-,21-,24+/m1/s1. The molecule has 3 heteroatoms. The topological polar surface area (TPSA) is 29.5 Å². The van der Waals surface area contributed by atoms with E-state index < -0.39 is 14.4 Å². The lowest BCUT2D eigenvalue weighted by Crippen LogP contribution is -2.67. The first-order valence-corrected chi connectivity index (χ1v) is 12.0. The number of aliphatic hydroxyl groups excluding tert-OH is 1. The Labute approximate surface area is 172 Å². The fraction of sp³-hybridized carbons (Fsp3) is 0.440. The van der Waals surface area contributed by atoms with Gasteiger partial charge >= 0.3 is 0 Å². The molecule has 0 unspecified atom stereocenters. The summed E-state index contributed by atoms with van der Waals surface area (Å²) in [6.07, 6.45) is -0.509. The van der Waals surface area contributed by atoms with Crippen molar-refractivity contribution in [1.29, 1.82) is 0 Å². The molecule has 0 aliphatic rings. The average Bonchev–Trinajstić information content (AvgIpc) is 2.68. The lowest BCUT2D eigenvalue weighted by molar-refractivity contribution is 0.0576. The van der Waals surface area contributed by atoms with Gasteiger partial charge in [-0.25, -0.2) is 0 Å². The summed E-state index contributed by atoms with van der Waals surface area (Å²) < 4.78 is 6.91. The molecule has 0 radical (unpaired) electrons. The molecule has 0 aromatic heterocycles. The minimum Gasteiger partial charge on any atom is -0.407 e. The van der Waals surface area contributed by atoms with E-state index >= 15 is 0 Å². The van der Waals surface area contributed by atoms with E-state index in [9.17, 15) is 5.11 Å². The van der Waals surface area contributed by atoms with E-state index in [1.807, 2.05) is 26.0 Å². The van der Waals surface area contributed by atoms with Crippen molar-refractivity contribution in [3.8, 4) is 11.8 Å². The average molecular weight is 395 g/mol. The van der Waals surface area contributed by atoms with E-state index in [0.717, 1.165) is 0 Å². The van der Waals surface area contributed by atoms with Crippen LogP contribution in [-0.2, 0) is 4.43 Å². The van der Waals surface area contributed by atoms with Crippen molar-refractivity contribution >= 4 is 18.7 Å². The van der Waals surface area contributed by atoms with Gasteiger partial charge in [0.2, 0.25) is 0 Å². The molecule has 2 rings (SSSR count). The zero-order valence-electron chi connectivity index (χ0n) is 18.1. The van der Waals surface area contributed by atoms with Crippen molar-refractivity contribution in [3.05, 3.63) is 60.7 Å². The molecule has 0 saturated heterocycles. The highest BCUT2D eigenvalue weighted by molar-refractivity contribution is 6.99. The molecule has 2 aromatic carbocycles. The molecule has 1 N–H and O–H groups in total. The second-order valence-corrected chi connectivity index (χ2v) is 12.9. The number of hydrogen-bond donors (Lipinski definition) is 1. The van der Waals surface area contributed by atoms with Crippen molar-refractivity contribution in [2.45, 2.75) is 52.7 Å². The van der Waals surface area contributed by atoms with E-state index in [0.29, 0.717) is 6.61 Å². The highest BCUT2D eigenvalue weighted by atomic mass is 28.4. The quantitative estimate of drug-likeness (QED) is 0.563. The van der Waals surface area contributed by atoms with Crippen LogP contribution in [0.5, 0.6) is 0 Å². The summed E-state index contributed by atoms with van der Waals surface area (Å²) in [6, 6.07) is 21.2. The lowest BCUT2D eigenvalue weighted by Gasteiger charge is -2.44. The lowest BCUT2D eigenvalue weighted by atomic mass is 9.94. The summed E-state index contributed by atoms with van der Waals surface area (Å²) in [5.74, 6) is 5.91. The van der Waals surface area contributed by atoms with Crippen molar-refractivity contribution in [3.63, 3.8) is 0 Å². The molecule has 2 nitrogen and oxygen atoms in total. The third-order valence-electron chi connectivity index (χ3n) is 5.45. The monoisotopic (exact) mass is 394 g/mol. The van der Waals surface area contributed by atoms with Gasteiger partial charge in [0.15, 0.2) is 0 Å². The summed E-state index contributed by atoms with van der Waals surface area (Å²) in [4.78, 5) is 0. The van der Waals surface area contributed by atoms with Gasteiger partial charge in [-0.05, 0) is 29.3 Å². The largest absolute Gasteiger partial charge is 0.407 e. The second kappa shape index (κ2) is 9.56. The Kier molecular flexibility index (Phi) is 7.66. The molecular formula is C25H34O2Si. The van der Waals surface area contributed by atoms with E-state index in [4.69, 9.17) is 4.43 Å². The van der Waals surface area contributed by atoms with Crippen LogP contribution >= 0.6 is 0 Å². The van der Waals surface area contributed by atoms with Gasteiger partial charge in [0.05, 0.1) is 6.10 Å². The Morgan fingerprint density at radius 2 is 1.39 bits per heavy atom. The molecule has 0 aliphatic heterocycles. The molecule has 0 saturated carbocycles. The summed E-state index contributed by atoms with van der Waals surface area (Å²) >= 11 is 0. The maximum absolute atomic E-state index is 10.7. The van der Waals surface area contributed by atoms with Gasteiger partial charge in [-0.1, -0.05) is 94.3 Å². The molecule has 0 fully saturated rings. The minimum absolute atomic E-state index is 0.00232. The van der Waals surface area contributed by atoms with Crippen molar-refractivity contribution in [2.24, 2.45) is 11.8 Å². The van der Waals surface area contributed by atoms with E-state index in [1.54, 1.807) is 0 Å². The van der Waals surface area contributed by atoms with Gasteiger partial charge in [-0.2, -0.15) is 0 Å². The smallest absolute Gasteiger partial charge is 0.261 e. The Balaban J connectivity index is 2.46. The molecule has 2 aromatic rings. The highest BCUT2D eigenvalue weighted by Gasteiger charge is 2.50. The first-order valence-electron chi connectivity index (χ1n) is 10.1. The second-order valence-electron chi connectivity index (χ2n) is 8.63. The number of hydrogen-bond acceptors (Lipinski definition) is 2. The van der Waals surface area contributed by atoms with Gasteiger partial charge in [-0.3, -0.25) is 0 Å². The van der Waals surface area contributed by atoms with Crippen molar-refractivity contribution in [2.75, 3.05) is 6.61 Å². The Hall–Kier alpha value is -1.86. The molecule has 150 valence electrons. The first-order chi connectivity index (χ1) is 13.2. The van der Waals surface area contributed by atoms with Gasteiger partial charge in [0.1, 0.15) is 0 Å². The summed E-state index contributed by atoms with van der Waals surface area (Å²) in [7, 11) is -2.56. The number of aliphatic hydroxyl groups is 1. The number of benzene rings is 2. The third kappa shape index (κ3) is 4.75. The van der Waals surface area contributed by atoms with Crippen LogP contribution in [0.4, 0.5) is 0 Å². The van der Waals surface area contributed by atoms with Crippen LogP contribution in [0, 0.1) is 23.7 Å². The highest BCUT2D eigenvalue weighted by Crippen LogP contribution is 2.37. The molecule has 0 spiro atoms.